The predicted molar refractivity (Wildman–Crippen MR) is 47.1 cm³/mol. The number of alkyl halides is 3. The van der Waals surface area contributed by atoms with Crippen LogP contribution in [0.5, 0.6) is 0 Å². The molecule has 98 valence electrons. The summed E-state index contributed by atoms with van der Waals surface area (Å²) >= 11 is 0. The van der Waals surface area contributed by atoms with E-state index in [0.717, 1.165) is 6.92 Å². The number of hydrogen-bond donors (Lipinski definition) is 2. The zero-order valence-corrected chi connectivity index (χ0v) is 8.69. The zero-order chi connectivity index (χ0) is 13.8. The van der Waals surface area contributed by atoms with Gasteiger partial charge in [0.05, 0.1) is 5.92 Å². The first-order valence-electron chi connectivity index (χ1n) is 4.36. The van der Waals surface area contributed by atoms with Crippen molar-refractivity contribution >= 4 is 17.8 Å². The van der Waals surface area contributed by atoms with E-state index < -0.39 is 43.0 Å². The van der Waals surface area contributed by atoms with Gasteiger partial charge in [0.1, 0.15) is 6.54 Å². The second-order valence-corrected chi connectivity index (χ2v) is 3.32. The third-order valence-corrected chi connectivity index (χ3v) is 1.77. The first kappa shape index (κ1) is 15.2. The van der Waals surface area contributed by atoms with Crippen LogP contribution in [0.2, 0.25) is 0 Å². The minimum atomic E-state index is -5.23. The van der Waals surface area contributed by atoms with Crippen molar-refractivity contribution in [2.24, 2.45) is 5.92 Å². The van der Waals surface area contributed by atoms with Crippen molar-refractivity contribution in [3.63, 3.8) is 0 Å². The second-order valence-electron chi connectivity index (χ2n) is 3.32. The maximum Gasteiger partial charge on any atom is 0.471 e. The number of carbonyl (C=O) groups excluding carboxylic acids is 1. The Labute approximate surface area is 93.6 Å². The molecule has 0 aromatic rings. The molecule has 0 fully saturated rings. The average molecular weight is 257 g/mol. The number of hydrogen-bond acceptors (Lipinski definition) is 3. The molecule has 0 bridgehead atoms. The monoisotopic (exact) mass is 257 g/mol. The minimum absolute atomic E-state index is 0.0544. The summed E-state index contributed by atoms with van der Waals surface area (Å²) in [4.78, 5) is 31.5. The summed E-state index contributed by atoms with van der Waals surface area (Å²) in [6.07, 6.45) is -5.23. The van der Waals surface area contributed by atoms with E-state index >= 15 is 0 Å². The quantitative estimate of drug-likeness (QED) is 0.732. The van der Waals surface area contributed by atoms with E-state index in [4.69, 9.17) is 10.2 Å². The van der Waals surface area contributed by atoms with Crippen molar-refractivity contribution < 1.29 is 37.8 Å². The first-order valence-corrected chi connectivity index (χ1v) is 4.36. The number of halogens is 3. The maximum absolute atomic E-state index is 12.1. The molecule has 0 saturated heterocycles. The second kappa shape index (κ2) is 5.51. The summed E-state index contributed by atoms with van der Waals surface area (Å²) in [6.45, 7) is -0.948. The van der Waals surface area contributed by atoms with Gasteiger partial charge in [0.2, 0.25) is 0 Å². The fourth-order valence-corrected chi connectivity index (χ4v) is 0.970. The number of nitrogens with zero attached hydrogens (tertiary/aromatic N) is 1. The van der Waals surface area contributed by atoms with Crippen LogP contribution in [-0.4, -0.2) is 52.2 Å². The molecule has 0 spiro atoms. The lowest BCUT2D eigenvalue weighted by atomic mass is 10.1. The molecular weight excluding hydrogens is 247 g/mol. The number of amides is 1. The smallest absolute Gasteiger partial charge is 0.471 e. The van der Waals surface area contributed by atoms with Crippen molar-refractivity contribution in [1.29, 1.82) is 0 Å². The fourth-order valence-electron chi connectivity index (χ4n) is 0.970. The Morgan fingerprint density at radius 3 is 2.00 bits per heavy atom. The molecule has 0 saturated carbocycles. The van der Waals surface area contributed by atoms with E-state index in [2.05, 4.69) is 0 Å². The molecule has 0 rings (SSSR count). The SMILES string of the molecule is CC(CN(CC(=O)O)C(=O)C(F)(F)F)C(=O)O. The topological polar surface area (TPSA) is 94.9 Å². The van der Waals surface area contributed by atoms with Crippen LogP contribution in [0, 0.1) is 5.92 Å². The highest BCUT2D eigenvalue weighted by Gasteiger charge is 2.43. The van der Waals surface area contributed by atoms with Gasteiger partial charge in [-0.05, 0) is 0 Å². The summed E-state index contributed by atoms with van der Waals surface area (Å²) in [7, 11) is 0. The van der Waals surface area contributed by atoms with Gasteiger partial charge in [-0.2, -0.15) is 13.2 Å². The number of aliphatic carboxylic acids is 2. The van der Waals surface area contributed by atoms with Gasteiger partial charge in [0.15, 0.2) is 0 Å². The van der Waals surface area contributed by atoms with Gasteiger partial charge in [-0.3, -0.25) is 14.4 Å². The molecule has 1 unspecified atom stereocenters. The molecule has 17 heavy (non-hydrogen) atoms. The van der Waals surface area contributed by atoms with Crippen molar-refractivity contribution in [2.75, 3.05) is 13.1 Å². The van der Waals surface area contributed by atoms with Crippen LogP contribution in [-0.2, 0) is 14.4 Å². The highest BCUT2D eigenvalue weighted by atomic mass is 19.4. The summed E-state index contributed by atoms with van der Waals surface area (Å²) in [6, 6.07) is 0. The number of carbonyl (C=O) groups is 3. The average Bonchev–Trinajstić information content (AvgIpc) is 2.13. The van der Waals surface area contributed by atoms with E-state index in [-0.39, 0.29) is 4.90 Å². The standard InChI is InChI=1S/C8H10F3NO5/c1-4(6(15)16)2-12(3-5(13)14)7(17)8(9,10)11/h4H,2-3H2,1H3,(H,13,14)(H,15,16). The molecular formula is C8H10F3NO5. The largest absolute Gasteiger partial charge is 0.481 e. The lowest BCUT2D eigenvalue weighted by Gasteiger charge is -2.23. The highest BCUT2D eigenvalue weighted by Crippen LogP contribution is 2.19. The molecule has 9 heteroatoms. The van der Waals surface area contributed by atoms with Crippen LogP contribution in [0.3, 0.4) is 0 Å². The number of carboxylic acid groups (broad SMARTS) is 2. The fraction of sp³-hybridized carbons (Fsp3) is 0.625. The Morgan fingerprint density at radius 1 is 1.24 bits per heavy atom. The van der Waals surface area contributed by atoms with Crippen molar-refractivity contribution in [2.45, 2.75) is 13.1 Å². The van der Waals surface area contributed by atoms with Gasteiger partial charge >= 0.3 is 24.0 Å². The van der Waals surface area contributed by atoms with Gasteiger partial charge in [0.25, 0.3) is 0 Å². The Balaban J connectivity index is 4.83. The van der Waals surface area contributed by atoms with E-state index in [1.807, 2.05) is 0 Å². The molecule has 1 amide bonds. The lowest BCUT2D eigenvalue weighted by molar-refractivity contribution is -0.187. The van der Waals surface area contributed by atoms with Crippen LogP contribution < -0.4 is 0 Å². The summed E-state index contributed by atoms with van der Waals surface area (Å²) < 4.78 is 36.2. The molecule has 0 aliphatic rings. The van der Waals surface area contributed by atoms with Crippen LogP contribution in [0.1, 0.15) is 6.92 Å². The van der Waals surface area contributed by atoms with Crippen LogP contribution in [0.15, 0.2) is 0 Å². The maximum atomic E-state index is 12.1. The molecule has 0 radical (unpaired) electrons. The molecule has 0 aliphatic heterocycles. The molecule has 6 nitrogen and oxygen atoms in total. The minimum Gasteiger partial charge on any atom is -0.481 e. The Morgan fingerprint density at radius 2 is 1.71 bits per heavy atom. The van der Waals surface area contributed by atoms with Crippen molar-refractivity contribution in [3.8, 4) is 0 Å². The van der Waals surface area contributed by atoms with E-state index in [1.165, 1.54) is 0 Å². The normalized spacial score (nSPS) is 12.9. The molecule has 0 aliphatic carbocycles. The Bertz CT molecular complexity index is 328. The summed E-state index contributed by atoms with van der Waals surface area (Å²) in [5, 5.41) is 16.8. The van der Waals surface area contributed by atoms with Crippen molar-refractivity contribution in [3.05, 3.63) is 0 Å². The molecule has 0 heterocycles. The van der Waals surface area contributed by atoms with Gasteiger partial charge < -0.3 is 15.1 Å². The van der Waals surface area contributed by atoms with Crippen LogP contribution in [0.4, 0.5) is 13.2 Å². The third kappa shape index (κ3) is 5.18. The van der Waals surface area contributed by atoms with Gasteiger partial charge in [0, 0.05) is 6.54 Å². The van der Waals surface area contributed by atoms with E-state index in [0.29, 0.717) is 0 Å². The third-order valence-electron chi connectivity index (χ3n) is 1.77. The highest BCUT2D eigenvalue weighted by molar-refractivity contribution is 5.85. The Kier molecular flexibility index (Phi) is 4.92. The first-order chi connectivity index (χ1) is 7.55. The molecule has 0 aromatic heterocycles. The van der Waals surface area contributed by atoms with Gasteiger partial charge in [-0.1, -0.05) is 6.92 Å². The van der Waals surface area contributed by atoms with Crippen LogP contribution in [0.25, 0.3) is 0 Å². The van der Waals surface area contributed by atoms with Crippen LogP contribution >= 0.6 is 0 Å². The van der Waals surface area contributed by atoms with Crippen molar-refractivity contribution in [1.82, 2.24) is 4.90 Å². The van der Waals surface area contributed by atoms with E-state index in [1.54, 1.807) is 0 Å². The number of carboxylic acids is 2. The summed E-state index contributed by atoms with van der Waals surface area (Å²) in [5.74, 6) is -6.73. The van der Waals surface area contributed by atoms with Gasteiger partial charge in [-0.15, -0.1) is 0 Å². The Hall–Kier alpha value is -1.80. The molecule has 0 aromatic carbocycles. The summed E-state index contributed by atoms with van der Waals surface area (Å²) in [5.41, 5.74) is 0. The number of rotatable bonds is 5. The molecule has 2 N–H and O–H groups in total. The molecule has 1 atom stereocenters. The lowest BCUT2D eigenvalue weighted by Crippen LogP contribution is -2.46. The zero-order valence-electron chi connectivity index (χ0n) is 8.69. The van der Waals surface area contributed by atoms with E-state index in [9.17, 15) is 27.6 Å². The van der Waals surface area contributed by atoms with Gasteiger partial charge in [-0.25, -0.2) is 0 Å². The predicted octanol–water partition coefficient (Wildman–Crippen LogP) is 0.183.